The van der Waals surface area contributed by atoms with Gasteiger partial charge in [0.25, 0.3) is 5.91 Å². The molecule has 2 N–H and O–H groups in total. The number of rotatable bonds is 5. The van der Waals surface area contributed by atoms with Gasteiger partial charge in [0.2, 0.25) is 0 Å². The van der Waals surface area contributed by atoms with Gasteiger partial charge in [-0.25, -0.2) is 18.4 Å². The summed E-state index contributed by atoms with van der Waals surface area (Å²) >= 11 is 1.40. The molecule has 3 heterocycles. The number of hydrogen-bond acceptors (Lipinski definition) is 7. The topological polar surface area (TPSA) is 101 Å². The Morgan fingerprint density at radius 1 is 1.17 bits per heavy atom. The molecule has 1 saturated carbocycles. The fourth-order valence-corrected chi connectivity index (χ4v) is 7.28. The van der Waals surface area contributed by atoms with E-state index >= 15 is 0 Å². The van der Waals surface area contributed by atoms with Gasteiger partial charge in [-0.15, -0.1) is 11.3 Å². The second-order valence-corrected chi connectivity index (χ2v) is 11.5. The third-order valence-corrected chi connectivity index (χ3v) is 9.04. The van der Waals surface area contributed by atoms with Crippen molar-refractivity contribution in [2.24, 2.45) is 5.92 Å². The van der Waals surface area contributed by atoms with Crippen LogP contribution in [0.4, 0.5) is 5.82 Å². The molecule has 2 aliphatic rings. The number of sulfone groups is 1. The van der Waals surface area contributed by atoms with Crippen molar-refractivity contribution in [1.82, 2.24) is 15.3 Å². The van der Waals surface area contributed by atoms with Gasteiger partial charge in [0, 0.05) is 12.6 Å². The van der Waals surface area contributed by atoms with Gasteiger partial charge < -0.3 is 10.6 Å². The van der Waals surface area contributed by atoms with Crippen molar-refractivity contribution in [2.75, 3.05) is 23.4 Å². The van der Waals surface area contributed by atoms with Crippen LogP contribution in [0, 0.1) is 12.8 Å². The molecule has 9 heteroatoms. The predicted molar refractivity (Wildman–Crippen MR) is 116 cm³/mol. The Kier molecular flexibility index (Phi) is 6.06. The number of nitrogens with zero attached hydrogens (tertiary/aromatic N) is 2. The second-order valence-electron chi connectivity index (χ2n) is 8.27. The molecule has 2 aromatic heterocycles. The molecule has 1 aliphatic heterocycles. The van der Waals surface area contributed by atoms with Crippen LogP contribution < -0.4 is 10.6 Å². The molecule has 2 fully saturated rings. The lowest BCUT2D eigenvalue weighted by Crippen LogP contribution is -2.34. The summed E-state index contributed by atoms with van der Waals surface area (Å²) in [6, 6.07) is 0.252. The van der Waals surface area contributed by atoms with Crippen LogP contribution in [0.25, 0.3) is 10.2 Å². The van der Waals surface area contributed by atoms with Crippen molar-refractivity contribution in [3.63, 3.8) is 0 Å². The maximum absolute atomic E-state index is 12.9. The average molecular weight is 437 g/mol. The highest BCUT2D eigenvalue weighted by molar-refractivity contribution is 7.91. The number of aryl methyl sites for hydroxylation is 1. The van der Waals surface area contributed by atoms with Crippen LogP contribution >= 0.6 is 11.3 Å². The number of nitrogens with one attached hydrogen (secondary N) is 2. The predicted octanol–water partition coefficient (Wildman–Crippen LogP) is 3.30. The smallest absolute Gasteiger partial charge is 0.261 e. The molecular formula is C20H28N4O3S2. The minimum atomic E-state index is -2.90. The van der Waals surface area contributed by atoms with Gasteiger partial charge >= 0.3 is 0 Å². The molecule has 0 bridgehead atoms. The number of carbonyl (C=O) groups is 1. The number of amides is 1. The van der Waals surface area contributed by atoms with Gasteiger partial charge in [-0.1, -0.05) is 25.7 Å². The van der Waals surface area contributed by atoms with E-state index in [1.165, 1.54) is 43.3 Å². The van der Waals surface area contributed by atoms with Gasteiger partial charge in [-0.3, -0.25) is 4.79 Å². The zero-order valence-corrected chi connectivity index (χ0v) is 18.4. The van der Waals surface area contributed by atoms with E-state index in [1.54, 1.807) is 0 Å². The summed E-state index contributed by atoms with van der Waals surface area (Å²) in [6.45, 7) is 2.50. The van der Waals surface area contributed by atoms with E-state index in [9.17, 15) is 13.2 Å². The Morgan fingerprint density at radius 3 is 2.62 bits per heavy atom. The van der Waals surface area contributed by atoms with Crippen LogP contribution in [0.3, 0.4) is 0 Å². The lowest BCUT2D eigenvalue weighted by molar-refractivity contribution is 0.0937. The molecule has 4 rings (SSSR count). The number of thiophene rings is 1. The van der Waals surface area contributed by atoms with Gasteiger partial charge in [-0.2, -0.15) is 0 Å². The standard InChI is InChI=1S/C20H28N4O3S2/c1-13-16-18(21-10-14-8-9-29(26,27)11-14)22-12-23-20(16)28-17(13)19(25)24-15-6-4-2-3-5-7-15/h12,14-15H,2-11H2,1H3,(H,24,25)(H,21,22,23)/t14-/m1/s1. The first-order chi connectivity index (χ1) is 13.9. The summed E-state index contributed by atoms with van der Waals surface area (Å²) < 4.78 is 23.4. The second kappa shape index (κ2) is 8.55. The third-order valence-electron chi connectivity index (χ3n) is 6.01. The molecule has 29 heavy (non-hydrogen) atoms. The van der Waals surface area contributed by atoms with E-state index in [1.807, 2.05) is 6.92 Å². The van der Waals surface area contributed by atoms with E-state index in [0.717, 1.165) is 28.6 Å². The number of aromatic nitrogens is 2. The highest BCUT2D eigenvalue weighted by Crippen LogP contribution is 2.34. The molecule has 0 spiro atoms. The first kappa shape index (κ1) is 20.5. The number of anilines is 1. The molecule has 2 aromatic rings. The fraction of sp³-hybridized carbons (Fsp3) is 0.650. The highest BCUT2D eigenvalue weighted by Gasteiger charge is 2.28. The zero-order chi connectivity index (χ0) is 20.4. The van der Waals surface area contributed by atoms with Crippen LogP contribution in [0.2, 0.25) is 0 Å². The van der Waals surface area contributed by atoms with Crippen molar-refractivity contribution in [1.29, 1.82) is 0 Å². The Morgan fingerprint density at radius 2 is 1.93 bits per heavy atom. The molecule has 158 valence electrons. The van der Waals surface area contributed by atoms with Crippen LogP contribution in [-0.2, 0) is 9.84 Å². The maximum atomic E-state index is 12.9. The molecule has 1 amide bonds. The molecular weight excluding hydrogens is 408 g/mol. The normalized spacial score (nSPS) is 22.4. The highest BCUT2D eigenvalue weighted by atomic mass is 32.2. The van der Waals surface area contributed by atoms with E-state index in [-0.39, 0.29) is 29.4 Å². The molecule has 7 nitrogen and oxygen atoms in total. The Bertz CT molecular complexity index is 995. The van der Waals surface area contributed by atoms with Crippen molar-refractivity contribution >= 4 is 43.1 Å². The molecule has 0 aromatic carbocycles. The lowest BCUT2D eigenvalue weighted by Gasteiger charge is -2.15. The van der Waals surface area contributed by atoms with E-state index in [2.05, 4.69) is 20.6 Å². The lowest BCUT2D eigenvalue weighted by atomic mass is 10.1. The zero-order valence-electron chi connectivity index (χ0n) is 16.7. The number of fused-ring (bicyclic) bond motifs is 1. The van der Waals surface area contributed by atoms with Gasteiger partial charge in [-0.05, 0) is 37.7 Å². The Labute approximate surface area is 175 Å². The van der Waals surface area contributed by atoms with Crippen molar-refractivity contribution in [2.45, 2.75) is 57.9 Å². The SMILES string of the molecule is Cc1c(C(=O)NC2CCCCCC2)sc2ncnc(NC[C@H]3CCS(=O)(=O)C3)c12. The fourth-order valence-electron chi connectivity index (χ4n) is 4.37. The first-order valence-corrected chi connectivity index (χ1v) is 13.1. The largest absolute Gasteiger partial charge is 0.369 e. The maximum Gasteiger partial charge on any atom is 0.261 e. The van der Waals surface area contributed by atoms with Crippen LogP contribution in [0.1, 0.15) is 60.2 Å². The average Bonchev–Trinajstić information content (AvgIpc) is 3.09. The summed E-state index contributed by atoms with van der Waals surface area (Å²) in [5.41, 5.74) is 0.887. The summed E-state index contributed by atoms with van der Waals surface area (Å²) in [4.78, 5) is 23.1. The number of carbonyl (C=O) groups excluding carboxylic acids is 1. The molecule has 1 atom stereocenters. The number of hydrogen-bond donors (Lipinski definition) is 2. The summed E-state index contributed by atoms with van der Waals surface area (Å²) in [6.07, 6.45) is 9.13. The van der Waals surface area contributed by atoms with Crippen LogP contribution in [-0.4, -0.2) is 48.4 Å². The van der Waals surface area contributed by atoms with E-state index < -0.39 is 9.84 Å². The molecule has 0 radical (unpaired) electrons. The molecule has 1 aliphatic carbocycles. The molecule has 0 unspecified atom stereocenters. The van der Waals surface area contributed by atoms with Crippen molar-refractivity contribution < 1.29 is 13.2 Å². The Balaban J connectivity index is 1.51. The van der Waals surface area contributed by atoms with Crippen LogP contribution in [0.5, 0.6) is 0 Å². The van der Waals surface area contributed by atoms with E-state index in [4.69, 9.17) is 0 Å². The monoisotopic (exact) mass is 436 g/mol. The minimum absolute atomic E-state index is 0.0229. The van der Waals surface area contributed by atoms with Crippen molar-refractivity contribution in [3.05, 3.63) is 16.8 Å². The summed E-state index contributed by atoms with van der Waals surface area (Å²) in [5.74, 6) is 1.25. The van der Waals surface area contributed by atoms with Gasteiger partial charge in [0.1, 0.15) is 17.0 Å². The van der Waals surface area contributed by atoms with E-state index in [0.29, 0.717) is 23.7 Å². The summed E-state index contributed by atoms with van der Waals surface area (Å²) in [7, 11) is -2.90. The summed E-state index contributed by atoms with van der Waals surface area (Å²) in [5, 5.41) is 7.39. The van der Waals surface area contributed by atoms with Crippen LogP contribution in [0.15, 0.2) is 6.33 Å². The molecule has 1 saturated heterocycles. The Hall–Kier alpha value is -1.74. The first-order valence-electron chi connectivity index (χ1n) is 10.4. The third kappa shape index (κ3) is 4.71. The van der Waals surface area contributed by atoms with Gasteiger partial charge in [0.05, 0.1) is 21.8 Å². The minimum Gasteiger partial charge on any atom is -0.369 e. The van der Waals surface area contributed by atoms with Crippen molar-refractivity contribution in [3.8, 4) is 0 Å². The quantitative estimate of drug-likeness (QED) is 0.698. The van der Waals surface area contributed by atoms with Gasteiger partial charge in [0.15, 0.2) is 9.84 Å².